The Morgan fingerprint density at radius 3 is 2.78 bits per heavy atom. The number of benzene rings is 1. The van der Waals surface area contributed by atoms with E-state index in [1.807, 2.05) is 13.8 Å². The van der Waals surface area contributed by atoms with Crippen molar-refractivity contribution >= 4 is 11.7 Å². The van der Waals surface area contributed by atoms with E-state index in [4.69, 9.17) is 4.74 Å². The van der Waals surface area contributed by atoms with Gasteiger partial charge in [-0.2, -0.15) is 0 Å². The first-order chi connectivity index (χ1) is 11.1. The molecule has 2 N–H and O–H groups in total. The highest BCUT2D eigenvalue weighted by Crippen LogP contribution is 2.18. The van der Waals surface area contributed by atoms with Crippen molar-refractivity contribution in [2.75, 3.05) is 18.5 Å². The number of hydrogen-bond acceptors (Lipinski definition) is 4. The van der Waals surface area contributed by atoms with Gasteiger partial charge in [0.05, 0.1) is 17.5 Å². The average molecular weight is 321 g/mol. The molecule has 0 spiro atoms. The number of aromatic nitrogens is 3. The third-order valence-electron chi connectivity index (χ3n) is 2.97. The summed E-state index contributed by atoms with van der Waals surface area (Å²) in [7, 11) is 0. The van der Waals surface area contributed by atoms with Gasteiger partial charge in [-0.15, -0.1) is 10.2 Å². The van der Waals surface area contributed by atoms with Crippen molar-refractivity contribution < 1.29 is 13.9 Å². The monoisotopic (exact) mass is 321 g/mol. The molecule has 0 bridgehead atoms. The Morgan fingerprint density at radius 2 is 2.09 bits per heavy atom. The van der Waals surface area contributed by atoms with E-state index in [9.17, 15) is 9.18 Å². The second kappa shape index (κ2) is 8.23. The summed E-state index contributed by atoms with van der Waals surface area (Å²) in [6.45, 7) is 4.91. The van der Waals surface area contributed by atoms with Crippen LogP contribution in [0.5, 0.6) is 0 Å². The van der Waals surface area contributed by atoms with Crippen LogP contribution in [0.25, 0.3) is 5.69 Å². The summed E-state index contributed by atoms with van der Waals surface area (Å²) in [5, 5.41) is 12.5. The molecular weight excluding hydrogens is 301 g/mol. The number of hydrogen-bond donors (Lipinski definition) is 2. The average Bonchev–Trinajstić information content (AvgIpc) is 3.03. The number of amides is 2. The molecule has 0 saturated carbocycles. The summed E-state index contributed by atoms with van der Waals surface area (Å²) in [4.78, 5) is 11.8. The van der Waals surface area contributed by atoms with E-state index < -0.39 is 11.8 Å². The third-order valence-corrected chi connectivity index (χ3v) is 2.97. The van der Waals surface area contributed by atoms with Crippen LogP contribution in [0, 0.1) is 5.82 Å². The van der Waals surface area contributed by atoms with Crippen molar-refractivity contribution in [2.24, 2.45) is 0 Å². The lowest BCUT2D eigenvalue weighted by Gasteiger charge is -2.11. The van der Waals surface area contributed by atoms with Gasteiger partial charge in [-0.25, -0.2) is 9.18 Å². The molecule has 124 valence electrons. The van der Waals surface area contributed by atoms with Gasteiger partial charge >= 0.3 is 6.03 Å². The number of carbonyl (C=O) groups is 1. The first kappa shape index (κ1) is 16.9. The summed E-state index contributed by atoms with van der Waals surface area (Å²) in [6.07, 6.45) is 3.84. The van der Waals surface area contributed by atoms with Crippen LogP contribution in [0.2, 0.25) is 0 Å². The molecule has 7 nitrogen and oxygen atoms in total. The van der Waals surface area contributed by atoms with Crippen molar-refractivity contribution in [1.82, 2.24) is 20.1 Å². The first-order valence-corrected chi connectivity index (χ1v) is 7.37. The molecule has 2 amide bonds. The number of carbonyl (C=O) groups excluding carboxylic acids is 1. The minimum atomic E-state index is -0.514. The van der Waals surface area contributed by atoms with Crippen LogP contribution in [0.3, 0.4) is 0 Å². The number of urea groups is 1. The second-order valence-electron chi connectivity index (χ2n) is 5.19. The van der Waals surface area contributed by atoms with Gasteiger partial charge in [-0.1, -0.05) is 0 Å². The zero-order chi connectivity index (χ0) is 16.7. The van der Waals surface area contributed by atoms with Crippen molar-refractivity contribution in [3.8, 4) is 5.69 Å². The Labute approximate surface area is 133 Å². The van der Waals surface area contributed by atoms with Crippen molar-refractivity contribution in [3.05, 3.63) is 36.7 Å². The maximum Gasteiger partial charge on any atom is 0.319 e. The molecule has 1 heterocycles. The van der Waals surface area contributed by atoms with Crippen molar-refractivity contribution in [3.63, 3.8) is 0 Å². The SMILES string of the molecule is CC(C)OCCCNC(=O)Nc1cc(-n2cnnc2)ccc1F. The highest BCUT2D eigenvalue weighted by Gasteiger charge is 2.08. The van der Waals surface area contributed by atoms with Gasteiger partial charge in [0, 0.05) is 13.2 Å². The molecular formula is C15H20FN5O2. The molecule has 2 rings (SSSR count). The molecule has 0 aliphatic carbocycles. The van der Waals surface area contributed by atoms with Gasteiger partial charge in [0.25, 0.3) is 0 Å². The minimum absolute atomic E-state index is 0.0899. The number of halogens is 1. The molecule has 8 heteroatoms. The van der Waals surface area contributed by atoms with Gasteiger partial charge in [0.1, 0.15) is 18.5 Å². The topological polar surface area (TPSA) is 81.1 Å². The fourth-order valence-electron chi connectivity index (χ4n) is 1.86. The lowest BCUT2D eigenvalue weighted by Crippen LogP contribution is -2.30. The summed E-state index contributed by atoms with van der Waals surface area (Å²) in [5.74, 6) is -0.514. The first-order valence-electron chi connectivity index (χ1n) is 7.37. The van der Waals surface area contributed by atoms with Crippen LogP contribution in [0.4, 0.5) is 14.9 Å². The summed E-state index contributed by atoms with van der Waals surface area (Å²) in [5.41, 5.74) is 0.740. The third kappa shape index (κ3) is 5.33. The Balaban J connectivity index is 1.87. The molecule has 0 unspecified atom stereocenters. The van der Waals surface area contributed by atoms with E-state index in [-0.39, 0.29) is 11.8 Å². The lowest BCUT2D eigenvalue weighted by molar-refractivity contribution is 0.0775. The molecule has 0 atom stereocenters. The van der Waals surface area contributed by atoms with Crippen LogP contribution in [0.15, 0.2) is 30.9 Å². The number of nitrogens with zero attached hydrogens (tertiary/aromatic N) is 3. The molecule has 23 heavy (non-hydrogen) atoms. The summed E-state index contributed by atoms with van der Waals surface area (Å²) < 4.78 is 20.8. The minimum Gasteiger partial charge on any atom is -0.379 e. The maximum absolute atomic E-state index is 13.8. The Hall–Kier alpha value is -2.48. The van der Waals surface area contributed by atoms with E-state index in [0.29, 0.717) is 25.3 Å². The predicted octanol–water partition coefficient (Wildman–Crippen LogP) is 2.34. The predicted molar refractivity (Wildman–Crippen MR) is 84.0 cm³/mol. The molecule has 0 radical (unpaired) electrons. The van der Waals surface area contributed by atoms with Gasteiger partial charge in [0.15, 0.2) is 0 Å². The van der Waals surface area contributed by atoms with Crippen molar-refractivity contribution in [2.45, 2.75) is 26.4 Å². The van der Waals surface area contributed by atoms with E-state index in [0.717, 1.165) is 0 Å². The van der Waals surface area contributed by atoms with Crippen LogP contribution in [-0.4, -0.2) is 40.1 Å². The fourth-order valence-corrected chi connectivity index (χ4v) is 1.86. The normalized spacial score (nSPS) is 10.8. The molecule has 0 aliphatic heterocycles. The number of ether oxygens (including phenoxy) is 1. The zero-order valence-electron chi connectivity index (χ0n) is 13.1. The van der Waals surface area contributed by atoms with Gasteiger partial charge < -0.3 is 15.4 Å². The van der Waals surface area contributed by atoms with E-state index in [1.54, 1.807) is 10.6 Å². The molecule has 2 aromatic rings. The maximum atomic E-state index is 13.8. The second-order valence-corrected chi connectivity index (χ2v) is 5.19. The molecule has 1 aromatic heterocycles. The highest BCUT2D eigenvalue weighted by atomic mass is 19.1. The van der Waals surface area contributed by atoms with E-state index >= 15 is 0 Å². The zero-order valence-corrected chi connectivity index (χ0v) is 13.1. The van der Waals surface area contributed by atoms with Crippen LogP contribution >= 0.6 is 0 Å². The molecule has 0 saturated heterocycles. The van der Waals surface area contributed by atoms with Crippen molar-refractivity contribution in [1.29, 1.82) is 0 Å². The Morgan fingerprint density at radius 1 is 1.35 bits per heavy atom. The molecule has 0 fully saturated rings. The van der Waals surface area contributed by atoms with E-state index in [1.165, 1.54) is 24.8 Å². The van der Waals surface area contributed by atoms with Crippen LogP contribution < -0.4 is 10.6 Å². The molecule has 0 aliphatic rings. The van der Waals surface area contributed by atoms with Crippen LogP contribution in [-0.2, 0) is 4.74 Å². The fraction of sp³-hybridized carbons (Fsp3) is 0.400. The quantitative estimate of drug-likeness (QED) is 0.767. The van der Waals surface area contributed by atoms with Crippen LogP contribution in [0.1, 0.15) is 20.3 Å². The largest absolute Gasteiger partial charge is 0.379 e. The molecule has 1 aromatic carbocycles. The summed E-state index contributed by atoms with van der Waals surface area (Å²) >= 11 is 0. The smallest absolute Gasteiger partial charge is 0.319 e. The standard InChI is InChI=1S/C15H20FN5O2/c1-11(2)23-7-3-6-17-15(22)20-14-8-12(4-5-13(14)16)21-9-18-19-10-21/h4-5,8-11H,3,6-7H2,1-2H3,(H2,17,20,22). The lowest BCUT2D eigenvalue weighted by atomic mass is 10.2. The van der Waals surface area contributed by atoms with Gasteiger partial charge in [-0.05, 0) is 38.5 Å². The summed E-state index contributed by atoms with van der Waals surface area (Å²) in [6, 6.07) is 3.90. The van der Waals surface area contributed by atoms with Gasteiger partial charge in [-0.3, -0.25) is 4.57 Å². The van der Waals surface area contributed by atoms with E-state index in [2.05, 4.69) is 20.8 Å². The Bertz CT molecular complexity index is 631. The highest BCUT2D eigenvalue weighted by molar-refractivity contribution is 5.89. The Kier molecular flexibility index (Phi) is 6.04. The number of anilines is 1. The number of nitrogens with one attached hydrogen (secondary N) is 2. The van der Waals surface area contributed by atoms with Gasteiger partial charge in [0.2, 0.25) is 0 Å². The number of rotatable bonds is 7.